The van der Waals surface area contributed by atoms with Crippen LogP contribution in [0.4, 0.5) is 0 Å². The summed E-state index contributed by atoms with van der Waals surface area (Å²) >= 11 is 0. The molecule has 0 heterocycles. The summed E-state index contributed by atoms with van der Waals surface area (Å²) in [5, 5.41) is 5.22. The van der Waals surface area contributed by atoms with E-state index in [2.05, 4.69) is 22.2 Å². The molecule has 2 aromatic carbocycles. The van der Waals surface area contributed by atoms with E-state index in [9.17, 15) is 9.59 Å². The summed E-state index contributed by atoms with van der Waals surface area (Å²) in [6.07, 6.45) is 3.41. The molecule has 0 unspecified atom stereocenters. The molecule has 0 fully saturated rings. The van der Waals surface area contributed by atoms with Gasteiger partial charge in [0.05, 0.1) is 13.5 Å². The minimum Gasteiger partial charge on any atom is -0.469 e. The van der Waals surface area contributed by atoms with Crippen LogP contribution in [0.15, 0.2) is 42.5 Å². The molecule has 0 aliphatic rings. The van der Waals surface area contributed by atoms with Crippen LogP contribution in [0.1, 0.15) is 31.2 Å². The summed E-state index contributed by atoms with van der Waals surface area (Å²) < 4.78 is 4.59. The van der Waals surface area contributed by atoms with Crippen molar-refractivity contribution in [1.29, 1.82) is 0 Å². The van der Waals surface area contributed by atoms with Gasteiger partial charge in [0.25, 0.3) is 0 Å². The molecule has 0 aliphatic carbocycles. The summed E-state index contributed by atoms with van der Waals surface area (Å²) in [5.74, 6) is -0.140. The maximum Gasteiger partial charge on any atom is 0.305 e. The van der Waals surface area contributed by atoms with Gasteiger partial charge in [-0.15, -0.1) is 0 Å². The Morgan fingerprint density at radius 1 is 1.00 bits per heavy atom. The lowest BCUT2D eigenvalue weighted by Gasteiger charge is -2.08. The van der Waals surface area contributed by atoms with E-state index in [4.69, 9.17) is 0 Å². The normalized spacial score (nSPS) is 10.5. The van der Waals surface area contributed by atoms with Crippen molar-refractivity contribution in [1.82, 2.24) is 5.32 Å². The molecule has 0 saturated carbocycles. The van der Waals surface area contributed by atoms with Crippen LogP contribution in [0.2, 0.25) is 0 Å². The second kappa shape index (κ2) is 8.93. The van der Waals surface area contributed by atoms with Crippen molar-refractivity contribution in [3.8, 4) is 0 Å². The minimum absolute atomic E-state index is 0.0364. The number of esters is 1. The first-order chi connectivity index (χ1) is 11.2. The Morgan fingerprint density at radius 2 is 1.78 bits per heavy atom. The molecule has 1 amide bonds. The van der Waals surface area contributed by atoms with Crippen molar-refractivity contribution in [3.63, 3.8) is 0 Å². The van der Waals surface area contributed by atoms with Gasteiger partial charge in [0.2, 0.25) is 5.91 Å². The first-order valence-corrected chi connectivity index (χ1v) is 8.01. The van der Waals surface area contributed by atoms with Crippen molar-refractivity contribution in [3.05, 3.63) is 48.0 Å². The Kier molecular flexibility index (Phi) is 6.60. The number of hydrogen-bond acceptors (Lipinski definition) is 3. The van der Waals surface area contributed by atoms with Gasteiger partial charge < -0.3 is 10.1 Å². The predicted molar refractivity (Wildman–Crippen MR) is 91.1 cm³/mol. The topological polar surface area (TPSA) is 55.4 Å². The van der Waals surface area contributed by atoms with Gasteiger partial charge >= 0.3 is 5.97 Å². The number of methoxy groups -OCH3 is 1. The van der Waals surface area contributed by atoms with E-state index in [1.54, 1.807) is 0 Å². The fourth-order valence-corrected chi connectivity index (χ4v) is 2.58. The predicted octanol–water partition coefficient (Wildman–Crippen LogP) is 3.23. The number of nitrogens with one attached hydrogen (secondary N) is 1. The third-order valence-corrected chi connectivity index (χ3v) is 3.84. The SMILES string of the molecule is COC(=O)CCCCCNC(=O)Cc1cccc2ccccc12. The largest absolute Gasteiger partial charge is 0.469 e. The van der Waals surface area contributed by atoms with E-state index in [1.807, 2.05) is 30.3 Å². The average Bonchev–Trinajstić information content (AvgIpc) is 2.58. The molecule has 1 N–H and O–H groups in total. The highest BCUT2D eigenvalue weighted by Gasteiger charge is 2.06. The van der Waals surface area contributed by atoms with Crippen LogP contribution in [0.25, 0.3) is 10.8 Å². The lowest BCUT2D eigenvalue weighted by atomic mass is 10.0. The van der Waals surface area contributed by atoms with E-state index < -0.39 is 0 Å². The number of ether oxygens (including phenoxy) is 1. The molecule has 0 bridgehead atoms. The fraction of sp³-hybridized carbons (Fsp3) is 0.368. The second-order valence-electron chi connectivity index (χ2n) is 5.55. The lowest BCUT2D eigenvalue weighted by molar-refractivity contribution is -0.140. The molecule has 4 nitrogen and oxygen atoms in total. The van der Waals surface area contributed by atoms with Gasteiger partial charge in [0.15, 0.2) is 0 Å². The third-order valence-electron chi connectivity index (χ3n) is 3.84. The molecule has 2 rings (SSSR count). The molecule has 23 heavy (non-hydrogen) atoms. The van der Waals surface area contributed by atoms with Crippen LogP contribution in [0.3, 0.4) is 0 Å². The summed E-state index contributed by atoms with van der Waals surface area (Å²) in [4.78, 5) is 23.0. The van der Waals surface area contributed by atoms with Gasteiger partial charge in [-0.3, -0.25) is 9.59 Å². The summed E-state index contributed by atoms with van der Waals surface area (Å²) in [7, 11) is 1.40. The molecule has 0 radical (unpaired) electrons. The van der Waals surface area contributed by atoms with E-state index in [1.165, 1.54) is 7.11 Å². The highest BCUT2D eigenvalue weighted by molar-refractivity contribution is 5.90. The van der Waals surface area contributed by atoms with Gasteiger partial charge in [-0.1, -0.05) is 48.9 Å². The fourth-order valence-electron chi connectivity index (χ4n) is 2.58. The highest BCUT2D eigenvalue weighted by Crippen LogP contribution is 2.18. The number of benzene rings is 2. The quantitative estimate of drug-likeness (QED) is 0.601. The van der Waals surface area contributed by atoms with Crippen LogP contribution in [0, 0.1) is 0 Å². The molecule has 0 saturated heterocycles. The van der Waals surface area contributed by atoms with Crippen LogP contribution in [0.5, 0.6) is 0 Å². The summed E-state index contributed by atoms with van der Waals surface area (Å²) in [6.45, 7) is 0.644. The Bertz CT molecular complexity index is 661. The van der Waals surface area contributed by atoms with E-state index in [-0.39, 0.29) is 11.9 Å². The smallest absolute Gasteiger partial charge is 0.305 e. The second-order valence-corrected chi connectivity index (χ2v) is 5.55. The third kappa shape index (κ3) is 5.40. The zero-order valence-electron chi connectivity index (χ0n) is 13.5. The maximum absolute atomic E-state index is 12.1. The number of unbranched alkanes of at least 4 members (excludes halogenated alkanes) is 2. The van der Waals surface area contributed by atoms with E-state index in [0.29, 0.717) is 19.4 Å². The molecule has 4 heteroatoms. The number of amides is 1. The molecule has 2 aromatic rings. The molecule has 0 aromatic heterocycles. The van der Waals surface area contributed by atoms with Crippen molar-refractivity contribution >= 4 is 22.6 Å². The number of rotatable bonds is 8. The zero-order valence-corrected chi connectivity index (χ0v) is 13.5. The first kappa shape index (κ1) is 17.0. The van der Waals surface area contributed by atoms with Crippen molar-refractivity contribution in [2.75, 3.05) is 13.7 Å². The molecule has 0 atom stereocenters. The van der Waals surface area contributed by atoms with Crippen molar-refractivity contribution < 1.29 is 14.3 Å². The number of hydrogen-bond donors (Lipinski definition) is 1. The maximum atomic E-state index is 12.1. The summed E-state index contributed by atoms with van der Waals surface area (Å²) in [5.41, 5.74) is 1.05. The highest BCUT2D eigenvalue weighted by atomic mass is 16.5. The number of fused-ring (bicyclic) bond motifs is 1. The molecule has 122 valence electrons. The van der Waals surface area contributed by atoms with Gasteiger partial charge in [-0.05, 0) is 29.2 Å². The number of carbonyl (C=O) groups is 2. The van der Waals surface area contributed by atoms with Gasteiger partial charge in [-0.2, -0.15) is 0 Å². The zero-order chi connectivity index (χ0) is 16.5. The van der Waals surface area contributed by atoms with Crippen LogP contribution < -0.4 is 5.32 Å². The van der Waals surface area contributed by atoms with Gasteiger partial charge in [0.1, 0.15) is 0 Å². The molecular weight excluding hydrogens is 290 g/mol. The van der Waals surface area contributed by atoms with Crippen molar-refractivity contribution in [2.45, 2.75) is 32.1 Å². The van der Waals surface area contributed by atoms with Gasteiger partial charge in [-0.25, -0.2) is 0 Å². The van der Waals surface area contributed by atoms with E-state index in [0.717, 1.165) is 35.6 Å². The number of carbonyl (C=O) groups excluding carboxylic acids is 2. The average molecular weight is 313 g/mol. The monoisotopic (exact) mass is 313 g/mol. The lowest BCUT2D eigenvalue weighted by Crippen LogP contribution is -2.26. The minimum atomic E-state index is -0.176. The van der Waals surface area contributed by atoms with Gasteiger partial charge in [0, 0.05) is 13.0 Å². The Balaban J connectivity index is 1.73. The summed E-state index contributed by atoms with van der Waals surface area (Å²) in [6, 6.07) is 14.1. The van der Waals surface area contributed by atoms with E-state index >= 15 is 0 Å². The van der Waals surface area contributed by atoms with Crippen LogP contribution in [-0.4, -0.2) is 25.5 Å². The molecule has 0 aliphatic heterocycles. The molecule has 0 spiro atoms. The van der Waals surface area contributed by atoms with Crippen molar-refractivity contribution in [2.24, 2.45) is 0 Å². The standard InChI is InChI=1S/C19H23NO3/c1-23-19(22)12-3-2-6-13-20-18(21)14-16-10-7-9-15-8-4-5-11-17(15)16/h4-5,7-11H,2-3,6,12-14H2,1H3,(H,20,21). The Hall–Kier alpha value is -2.36. The molecular formula is C19H23NO3. The Morgan fingerprint density at radius 3 is 2.61 bits per heavy atom. The van der Waals surface area contributed by atoms with Crippen LogP contribution >= 0.6 is 0 Å². The van der Waals surface area contributed by atoms with Crippen LogP contribution in [-0.2, 0) is 20.7 Å². The Labute approximate surface area is 136 Å². The first-order valence-electron chi connectivity index (χ1n) is 8.01.